The van der Waals surface area contributed by atoms with Crippen LogP contribution >= 0.6 is 22.6 Å². The van der Waals surface area contributed by atoms with Gasteiger partial charge in [-0.1, -0.05) is 0 Å². The maximum atomic E-state index is 3.34. The summed E-state index contributed by atoms with van der Waals surface area (Å²) in [6.07, 6.45) is 1.29. The van der Waals surface area contributed by atoms with Gasteiger partial charge in [0.2, 0.25) is 0 Å². The summed E-state index contributed by atoms with van der Waals surface area (Å²) in [5, 5.41) is 3.34. The normalized spacial score (nSPS) is 33.0. The summed E-state index contributed by atoms with van der Waals surface area (Å²) in [5.41, 5.74) is 0. The summed E-state index contributed by atoms with van der Waals surface area (Å²) < 4.78 is 0.557. The van der Waals surface area contributed by atoms with E-state index in [2.05, 4.69) is 39.9 Å². The minimum absolute atomic E-state index is 0.557. The molecule has 8 heavy (non-hydrogen) atoms. The zero-order chi connectivity index (χ0) is 5.98. The maximum absolute atomic E-state index is 3.34. The van der Waals surface area contributed by atoms with E-state index in [4.69, 9.17) is 0 Å². The van der Waals surface area contributed by atoms with Crippen molar-refractivity contribution in [2.75, 3.05) is 20.1 Å². The molecule has 0 bridgehead atoms. The molecule has 1 aliphatic heterocycles. The average Bonchev–Trinajstić information content (AvgIpc) is 1.77. The Bertz CT molecular complexity index is 66.8. The van der Waals surface area contributed by atoms with Gasteiger partial charge in [0.25, 0.3) is 0 Å². The van der Waals surface area contributed by atoms with Crippen LogP contribution in [-0.4, -0.2) is 29.2 Å². The molecule has 1 unspecified atom stereocenters. The smallest absolute Gasteiger partial charge is 0.113 e. The van der Waals surface area contributed by atoms with Crippen LogP contribution in [0.15, 0.2) is 0 Å². The lowest BCUT2D eigenvalue weighted by Gasteiger charge is -2.28. The van der Waals surface area contributed by atoms with Gasteiger partial charge in [0.05, 0.1) is 0 Å². The minimum Gasteiger partial charge on any atom is -0.293 e. The molecule has 0 saturated carbocycles. The SMILES string of the molecule is CN1CCCNC1I. The first kappa shape index (κ1) is 6.77. The van der Waals surface area contributed by atoms with Crippen molar-refractivity contribution in [3.63, 3.8) is 0 Å². The number of nitrogens with one attached hydrogen (secondary N) is 1. The lowest BCUT2D eigenvalue weighted by atomic mass is 10.3. The molecule has 1 atom stereocenters. The second kappa shape index (κ2) is 2.98. The van der Waals surface area contributed by atoms with Gasteiger partial charge in [-0.15, -0.1) is 0 Å². The Morgan fingerprint density at radius 1 is 1.75 bits per heavy atom. The molecule has 48 valence electrons. The van der Waals surface area contributed by atoms with Gasteiger partial charge in [-0.25, -0.2) is 0 Å². The third-order valence-corrected chi connectivity index (χ3v) is 2.78. The third kappa shape index (κ3) is 1.56. The van der Waals surface area contributed by atoms with Crippen molar-refractivity contribution in [2.24, 2.45) is 0 Å². The quantitative estimate of drug-likeness (QED) is 0.370. The predicted octanol–water partition coefficient (Wildman–Crippen LogP) is 0.630. The molecule has 0 aliphatic carbocycles. The molecule has 1 heterocycles. The van der Waals surface area contributed by atoms with Crippen molar-refractivity contribution in [1.29, 1.82) is 0 Å². The lowest BCUT2D eigenvalue weighted by molar-refractivity contribution is 0.247. The fourth-order valence-electron chi connectivity index (χ4n) is 0.819. The van der Waals surface area contributed by atoms with Crippen LogP contribution < -0.4 is 5.32 Å². The van der Waals surface area contributed by atoms with Crippen LogP contribution in [-0.2, 0) is 0 Å². The summed E-state index contributed by atoms with van der Waals surface area (Å²) in [5.74, 6) is 0. The number of halogens is 1. The van der Waals surface area contributed by atoms with Gasteiger partial charge in [0, 0.05) is 6.54 Å². The topological polar surface area (TPSA) is 15.3 Å². The Morgan fingerprint density at radius 2 is 2.50 bits per heavy atom. The first-order chi connectivity index (χ1) is 3.80. The Hall–Kier alpha value is 0.650. The zero-order valence-corrected chi connectivity index (χ0v) is 7.18. The van der Waals surface area contributed by atoms with Gasteiger partial charge in [-0.05, 0) is 42.6 Å². The Labute approximate surface area is 63.8 Å². The van der Waals surface area contributed by atoms with E-state index in [0.717, 1.165) is 0 Å². The number of alkyl halides is 1. The van der Waals surface area contributed by atoms with Crippen molar-refractivity contribution < 1.29 is 0 Å². The largest absolute Gasteiger partial charge is 0.293 e. The average molecular weight is 226 g/mol. The molecule has 0 amide bonds. The molecule has 1 saturated heterocycles. The fourth-order valence-corrected chi connectivity index (χ4v) is 1.41. The van der Waals surface area contributed by atoms with E-state index in [-0.39, 0.29) is 0 Å². The van der Waals surface area contributed by atoms with E-state index in [1.165, 1.54) is 19.5 Å². The third-order valence-electron chi connectivity index (χ3n) is 1.39. The van der Waals surface area contributed by atoms with Crippen LogP contribution in [0.5, 0.6) is 0 Å². The Morgan fingerprint density at radius 3 is 2.88 bits per heavy atom. The second-order valence-electron chi connectivity index (χ2n) is 2.12. The number of rotatable bonds is 0. The summed E-state index contributed by atoms with van der Waals surface area (Å²) in [7, 11) is 2.14. The van der Waals surface area contributed by atoms with Crippen molar-refractivity contribution in [3.05, 3.63) is 0 Å². The number of hydrogen-bond acceptors (Lipinski definition) is 2. The van der Waals surface area contributed by atoms with Gasteiger partial charge in [0.15, 0.2) is 0 Å². The summed E-state index contributed by atoms with van der Waals surface area (Å²) in [6.45, 7) is 2.42. The number of hydrogen-bond donors (Lipinski definition) is 1. The molecule has 2 nitrogen and oxygen atoms in total. The Balaban J connectivity index is 2.28. The molecular weight excluding hydrogens is 215 g/mol. The highest BCUT2D eigenvalue weighted by Crippen LogP contribution is 2.06. The van der Waals surface area contributed by atoms with Crippen LogP contribution in [0.2, 0.25) is 0 Å². The molecule has 0 radical (unpaired) electrons. The molecule has 1 fully saturated rings. The standard InChI is InChI=1S/C5H11IN2/c1-8-4-2-3-7-5(8)6/h5,7H,2-4H2,1H3. The molecule has 0 spiro atoms. The first-order valence-electron chi connectivity index (χ1n) is 2.88. The van der Waals surface area contributed by atoms with Gasteiger partial charge >= 0.3 is 0 Å². The van der Waals surface area contributed by atoms with Crippen molar-refractivity contribution in [1.82, 2.24) is 10.2 Å². The lowest BCUT2D eigenvalue weighted by Crippen LogP contribution is -2.45. The monoisotopic (exact) mass is 226 g/mol. The Kier molecular flexibility index (Phi) is 2.52. The molecule has 1 aliphatic rings. The predicted molar refractivity (Wildman–Crippen MR) is 43.1 cm³/mol. The molecular formula is C5H11IN2. The molecule has 0 aromatic heterocycles. The van der Waals surface area contributed by atoms with E-state index in [1.807, 2.05) is 0 Å². The summed E-state index contributed by atoms with van der Waals surface area (Å²) >= 11 is 2.40. The van der Waals surface area contributed by atoms with Crippen molar-refractivity contribution in [3.8, 4) is 0 Å². The first-order valence-corrected chi connectivity index (χ1v) is 4.13. The van der Waals surface area contributed by atoms with Crippen LogP contribution in [0, 0.1) is 0 Å². The van der Waals surface area contributed by atoms with E-state index in [9.17, 15) is 0 Å². The van der Waals surface area contributed by atoms with Crippen LogP contribution in [0.1, 0.15) is 6.42 Å². The molecule has 3 heteroatoms. The van der Waals surface area contributed by atoms with Gasteiger partial charge in [0.1, 0.15) is 4.17 Å². The molecule has 1 rings (SSSR count). The number of nitrogens with zero attached hydrogens (tertiary/aromatic N) is 1. The van der Waals surface area contributed by atoms with Crippen LogP contribution in [0.4, 0.5) is 0 Å². The molecule has 0 aromatic carbocycles. The maximum Gasteiger partial charge on any atom is 0.113 e. The highest BCUT2D eigenvalue weighted by Gasteiger charge is 2.12. The molecule has 0 aromatic rings. The summed E-state index contributed by atoms with van der Waals surface area (Å²) in [6, 6.07) is 0. The van der Waals surface area contributed by atoms with Gasteiger partial charge in [-0.2, -0.15) is 0 Å². The highest BCUT2D eigenvalue weighted by molar-refractivity contribution is 14.1. The second-order valence-corrected chi connectivity index (χ2v) is 3.30. The zero-order valence-electron chi connectivity index (χ0n) is 5.02. The molecule has 1 N–H and O–H groups in total. The van der Waals surface area contributed by atoms with Gasteiger partial charge in [-0.3, -0.25) is 10.2 Å². The minimum atomic E-state index is 0.557. The van der Waals surface area contributed by atoms with Crippen LogP contribution in [0.25, 0.3) is 0 Å². The van der Waals surface area contributed by atoms with E-state index < -0.39 is 0 Å². The fraction of sp³-hybridized carbons (Fsp3) is 1.00. The van der Waals surface area contributed by atoms with Crippen molar-refractivity contribution >= 4 is 22.6 Å². The van der Waals surface area contributed by atoms with Crippen molar-refractivity contribution in [2.45, 2.75) is 10.6 Å². The highest BCUT2D eigenvalue weighted by atomic mass is 127. The van der Waals surface area contributed by atoms with E-state index >= 15 is 0 Å². The van der Waals surface area contributed by atoms with Gasteiger partial charge < -0.3 is 0 Å². The van der Waals surface area contributed by atoms with Crippen LogP contribution in [0.3, 0.4) is 0 Å². The van der Waals surface area contributed by atoms with E-state index in [1.54, 1.807) is 0 Å². The summed E-state index contributed by atoms with van der Waals surface area (Å²) in [4.78, 5) is 2.31. The van der Waals surface area contributed by atoms with E-state index in [0.29, 0.717) is 4.17 Å².